The number of pyridine rings is 1. The van der Waals surface area contributed by atoms with Crippen molar-refractivity contribution >= 4 is 12.2 Å². The van der Waals surface area contributed by atoms with E-state index in [1.165, 1.54) is 19.3 Å². The smallest absolute Gasteiger partial charge is 0.184 e. The summed E-state index contributed by atoms with van der Waals surface area (Å²) >= 11 is 0. The lowest BCUT2D eigenvalue weighted by Gasteiger charge is -2.13. The molecule has 0 radical (unpaired) electrons. The maximum atomic E-state index is 11.6. The van der Waals surface area contributed by atoms with Crippen molar-refractivity contribution in [1.82, 2.24) is 9.47 Å². The average molecular weight is 233 g/mol. The van der Waals surface area contributed by atoms with Crippen molar-refractivity contribution in [2.24, 2.45) is 4.99 Å². The third kappa shape index (κ3) is 2.96. The zero-order valence-electron chi connectivity index (χ0n) is 10.5. The molecule has 1 aromatic heterocycles. The summed E-state index contributed by atoms with van der Waals surface area (Å²) in [6.45, 7) is 0.968. The molecule has 0 spiro atoms. The first-order chi connectivity index (χ1) is 8.16. The lowest BCUT2D eigenvalue weighted by atomic mass is 10.2. The number of hydrogen-bond donors (Lipinski definition) is 0. The van der Waals surface area contributed by atoms with Gasteiger partial charge < -0.3 is 9.47 Å². The molecule has 0 N–H and O–H groups in total. The van der Waals surface area contributed by atoms with Crippen molar-refractivity contribution in [3.05, 3.63) is 28.0 Å². The van der Waals surface area contributed by atoms with Crippen molar-refractivity contribution in [2.45, 2.75) is 32.2 Å². The van der Waals surface area contributed by atoms with Gasteiger partial charge in [0, 0.05) is 38.5 Å². The van der Waals surface area contributed by atoms with Gasteiger partial charge in [-0.2, -0.15) is 0 Å². The molecule has 0 fully saturated rings. The van der Waals surface area contributed by atoms with Crippen LogP contribution in [0.25, 0.3) is 0 Å². The first-order valence-electron chi connectivity index (χ1n) is 6.11. The van der Waals surface area contributed by atoms with Gasteiger partial charge in [-0.25, -0.2) is 4.99 Å². The van der Waals surface area contributed by atoms with E-state index >= 15 is 0 Å². The normalized spacial score (nSPS) is 15.6. The number of fused-ring (bicyclic) bond motifs is 1. The largest absolute Gasteiger partial charge is 0.369 e. The second kappa shape index (κ2) is 5.17. The van der Waals surface area contributed by atoms with Crippen LogP contribution in [-0.4, -0.2) is 29.9 Å². The van der Waals surface area contributed by atoms with Crippen molar-refractivity contribution < 1.29 is 0 Å². The Morgan fingerprint density at radius 3 is 2.88 bits per heavy atom. The molecule has 0 amide bonds. The molecule has 0 saturated heterocycles. The van der Waals surface area contributed by atoms with E-state index in [1.54, 1.807) is 18.5 Å². The summed E-state index contributed by atoms with van der Waals surface area (Å²) in [5.74, 6) is 0.781. The topological polar surface area (TPSA) is 37.6 Å². The first kappa shape index (κ1) is 11.9. The Morgan fingerprint density at radius 1 is 1.29 bits per heavy atom. The van der Waals surface area contributed by atoms with E-state index in [0.717, 1.165) is 24.5 Å². The number of aromatic nitrogens is 1. The molecule has 0 aliphatic carbocycles. The minimum Gasteiger partial charge on any atom is -0.369 e. The fraction of sp³-hybridized carbons (Fsp3) is 0.538. The lowest BCUT2D eigenvalue weighted by Crippen LogP contribution is -2.12. The van der Waals surface area contributed by atoms with E-state index in [-0.39, 0.29) is 5.43 Å². The second-order valence-electron chi connectivity index (χ2n) is 4.71. The second-order valence-corrected chi connectivity index (χ2v) is 4.71. The predicted molar refractivity (Wildman–Crippen MR) is 70.1 cm³/mol. The van der Waals surface area contributed by atoms with Crippen molar-refractivity contribution in [3.63, 3.8) is 0 Å². The summed E-state index contributed by atoms with van der Waals surface area (Å²) in [6, 6.07) is 3.37. The molecule has 1 aliphatic rings. The molecule has 0 bridgehead atoms. The summed E-state index contributed by atoms with van der Waals surface area (Å²) < 4.78 is 2.17. The molecular weight excluding hydrogens is 214 g/mol. The molecule has 0 atom stereocenters. The lowest BCUT2D eigenvalue weighted by molar-refractivity contribution is 0.626. The van der Waals surface area contributed by atoms with E-state index in [9.17, 15) is 4.79 Å². The molecule has 1 aromatic rings. The molecule has 4 heteroatoms. The van der Waals surface area contributed by atoms with Crippen molar-refractivity contribution in [3.8, 4) is 0 Å². The summed E-state index contributed by atoms with van der Waals surface area (Å²) in [4.78, 5) is 17.9. The predicted octanol–water partition coefficient (Wildman–Crippen LogP) is 1.80. The summed E-state index contributed by atoms with van der Waals surface area (Å²) in [7, 11) is 3.85. The van der Waals surface area contributed by atoms with E-state index < -0.39 is 0 Å². The Balaban J connectivity index is 2.43. The molecule has 2 rings (SSSR count). The maximum Gasteiger partial charge on any atom is 0.184 e. The Hall–Kier alpha value is -1.58. The molecule has 1 aliphatic heterocycles. The Labute approximate surface area is 102 Å². The molecule has 2 heterocycles. The molecule has 0 unspecified atom stereocenters. The van der Waals surface area contributed by atoms with E-state index in [1.807, 2.05) is 19.0 Å². The number of aliphatic imine (C=N–C) groups is 1. The van der Waals surface area contributed by atoms with Crippen LogP contribution in [0.15, 0.2) is 21.9 Å². The fourth-order valence-corrected chi connectivity index (χ4v) is 2.14. The number of aryl methyl sites for hydroxylation is 1. The highest BCUT2D eigenvalue weighted by Gasteiger charge is 2.10. The van der Waals surface area contributed by atoms with Crippen LogP contribution in [0.2, 0.25) is 0 Å². The summed E-state index contributed by atoms with van der Waals surface area (Å²) in [5, 5.41) is 0. The third-order valence-electron chi connectivity index (χ3n) is 2.94. The molecule has 0 aromatic carbocycles. The zero-order valence-corrected chi connectivity index (χ0v) is 10.5. The van der Waals surface area contributed by atoms with Gasteiger partial charge in [0.25, 0.3) is 0 Å². The standard InChI is InChI=1S/C13H19N3O/c1-15(2)10-14-13-9-12(17)8-11-6-4-3-5-7-16(11)13/h8-10H,3-7H2,1-2H3. The molecule has 17 heavy (non-hydrogen) atoms. The van der Waals surface area contributed by atoms with Gasteiger partial charge in [-0.05, 0) is 19.3 Å². The quantitative estimate of drug-likeness (QED) is 0.577. The van der Waals surface area contributed by atoms with Crippen LogP contribution in [0.1, 0.15) is 25.0 Å². The van der Waals surface area contributed by atoms with Crippen LogP contribution in [0.4, 0.5) is 5.82 Å². The van der Waals surface area contributed by atoms with Gasteiger partial charge in [0.05, 0.1) is 6.34 Å². The highest BCUT2D eigenvalue weighted by atomic mass is 16.1. The van der Waals surface area contributed by atoms with Gasteiger partial charge in [0.1, 0.15) is 5.82 Å². The van der Waals surface area contributed by atoms with E-state index in [2.05, 4.69) is 9.56 Å². The highest BCUT2D eigenvalue weighted by molar-refractivity contribution is 5.59. The fourth-order valence-electron chi connectivity index (χ4n) is 2.14. The molecular formula is C13H19N3O. The Morgan fingerprint density at radius 2 is 2.12 bits per heavy atom. The van der Waals surface area contributed by atoms with Crippen LogP contribution in [0, 0.1) is 0 Å². The van der Waals surface area contributed by atoms with E-state index in [4.69, 9.17) is 0 Å². The monoisotopic (exact) mass is 233 g/mol. The summed E-state index contributed by atoms with van der Waals surface area (Å²) in [6.07, 6.45) is 6.29. The van der Waals surface area contributed by atoms with Crippen LogP contribution >= 0.6 is 0 Å². The van der Waals surface area contributed by atoms with Gasteiger partial charge in [-0.1, -0.05) is 6.42 Å². The number of nitrogens with zero attached hydrogens (tertiary/aromatic N) is 3. The average Bonchev–Trinajstić information content (AvgIpc) is 2.50. The minimum atomic E-state index is 0.0593. The molecule has 92 valence electrons. The zero-order chi connectivity index (χ0) is 12.3. The Kier molecular flexibility index (Phi) is 3.61. The maximum absolute atomic E-state index is 11.6. The van der Waals surface area contributed by atoms with Crippen LogP contribution in [-0.2, 0) is 13.0 Å². The number of rotatable bonds is 2. The Bertz CT molecular complexity index is 474. The van der Waals surface area contributed by atoms with Gasteiger partial charge in [-0.15, -0.1) is 0 Å². The van der Waals surface area contributed by atoms with Crippen molar-refractivity contribution in [2.75, 3.05) is 14.1 Å². The number of hydrogen-bond acceptors (Lipinski definition) is 2. The molecule has 4 nitrogen and oxygen atoms in total. The van der Waals surface area contributed by atoms with Gasteiger partial charge >= 0.3 is 0 Å². The third-order valence-corrected chi connectivity index (χ3v) is 2.94. The molecule has 0 saturated carbocycles. The van der Waals surface area contributed by atoms with Crippen LogP contribution in [0.3, 0.4) is 0 Å². The SMILES string of the molecule is CN(C)C=Nc1cc(=O)cc2n1CCCCC2. The van der Waals surface area contributed by atoms with Crippen molar-refractivity contribution in [1.29, 1.82) is 0 Å². The van der Waals surface area contributed by atoms with Crippen LogP contribution in [0.5, 0.6) is 0 Å². The van der Waals surface area contributed by atoms with Gasteiger partial charge in [0.15, 0.2) is 5.43 Å². The first-order valence-corrected chi connectivity index (χ1v) is 6.11. The highest BCUT2D eigenvalue weighted by Crippen LogP contribution is 2.19. The van der Waals surface area contributed by atoms with Crippen LogP contribution < -0.4 is 5.43 Å². The van der Waals surface area contributed by atoms with Gasteiger partial charge in [-0.3, -0.25) is 4.79 Å². The minimum absolute atomic E-state index is 0.0593. The summed E-state index contributed by atoms with van der Waals surface area (Å²) in [5.41, 5.74) is 1.19. The van der Waals surface area contributed by atoms with E-state index in [0.29, 0.717) is 0 Å². The van der Waals surface area contributed by atoms with Gasteiger partial charge in [0.2, 0.25) is 0 Å².